The van der Waals surface area contributed by atoms with Crippen molar-refractivity contribution in [1.29, 1.82) is 0 Å². The smallest absolute Gasteiger partial charge is 0.107 e. The summed E-state index contributed by atoms with van der Waals surface area (Å²) in [5, 5.41) is 0. The predicted molar refractivity (Wildman–Crippen MR) is 47.7 cm³/mol. The summed E-state index contributed by atoms with van der Waals surface area (Å²) in [6, 6.07) is 9.87. The molecule has 0 radical (unpaired) electrons. The van der Waals surface area contributed by atoms with Crippen molar-refractivity contribution in [2.24, 2.45) is 0 Å². The van der Waals surface area contributed by atoms with Crippen molar-refractivity contribution in [2.75, 3.05) is 5.75 Å². The van der Waals surface area contributed by atoms with E-state index in [0.717, 1.165) is 4.90 Å². The number of benzene rings is 1. The molecule has 1 rings (SSSR count). The fourth-order valence-corrected chi connectivity index (χ4v) is 1.50. The fourth-order valence-electron chi connectivity index (χ4n) is 0.728. The van der Waals surface area contributed by atoms with Crippen LogP contribution in [0.3, 0.4) is 0 Å². The van der Waals surface area contributed by atoms with Gasteiger partial charge in [0.25, 0.3) is 0 Å². The van der Waals surface area contributed by atoms with E-state index in [9.17, 15) is 4.39 Å². The Kier molecular flexibility index (Phi) is 3.43. The molecule has 0 saturated heterocycles. The van der Waals surface area contributed by atoms with Crippen LogP contribution in [0.25, 0.3) is 0 Å². The van der Waals surface area contributed by atoms with Crippen molar-refractivity contribution in [1.82, 2.24) is 0 Å². The Morgan fingerprint density at radius 2 is 2.00 bits per heavy atom. The number of hydrogen-bond donors (Lipinski definition) is 0. The second kappa shape index (κ2) is 4.39. The lowest BCUT2D eigenvalue weighted by Crippen LogP contribution is -1.94. The van der Waals surface area contributed by atoms with E-state index in [2.05, 4.69) is 0 Å². The highest BCUT2D eigenvalue weighted by Crippen LogP contribution is 2.18. The monoisotopic (exact) mass is 170 g/mol. The van der Waals surface area contributed by atoms with Crippen LogP contribution in [0.2, 0.25) is 0 Å². The van der Waals surface area contributed by atoms with Crippen LogP contribution in [0.1, 0.15) is 6.92 Å². The first-order valence-corrected chi connectivity index (χ1v) is 4.59. The Balaban J connectivity index is 2.39. The van der Waals surface area contributed by atoms with Gasteiger partial charge in [-0.1, -0.05) is 18.2 Å². The molecule has 0 fully saturated rings. The lowest BCUT2D eigenvalue weighted by molar-refractivity contribution is 0.398. The molecule has 11 heavy (non-hydrogen) atoms. The summed E-state index contributed by atoms with van der Waals surface area (Å²) < 4.78 is 12.4. The molecule has 0 N–H and O–H groups in total. The first-order valence-electron chi connectivity index (χ1n) is 3.61. The predicted octanol–water partition coefficient (Wildman–Crippen LogP) is 3.14. The van der Waals surface area contributed by atoms with E-state index >= 15 is 0 Å². The molecule has 0 aliphatic heterocycles. The average Bonchev–Trinajstić information content (AvgIpc) is 2.03. The maximum absolute atomic E-state index is 12.4. The minimum absolute atomic E-state index is 0.546. The topological polar surface area (TPSA) is 0 Å². The van der Waals surface area contributed by atoms with Crippen molar-refractivity contribution in [3.63, 3.8) is 0 Å². The van der Waals surface area contributed by atoms with Gasteiger partial charge in [-0.3, -0.25) is 0 Å². The third-order valence-electron chi connectivity index (χ3n) is 1.22. The molecule has 0 aliphatic carbocycles. The molecule has 60 valence electrons. The standard InChI is InChI=1S/C9H11FS/c1-8(10)7-11-9-5-3-2-4-6-9/h2-6,8H,7H2,1H3. The van der Waals surface area contributed by atoms with Crippen LogP contribution in [0.5, 0.6) is 0 Å². The number of hydrogen-bond acceptors (Lipinski definition) is 1. The van der Waals surface area contributed by atoms with Crippen LogP contribution in [0, 0.1) is 0 Å². The second-order valence-electron chi connectivity index (χ2n) is 2.40. The van der Waals surface area contributed by atoms with Gasteiger partial charge in [0.05, 0.1) is 0 Å². The van der Waals surface area contributed by atoms with Crippen LogP contribution >= 0.6 is 11.8 Å². The SMILES string of the molecule is CC(F)CSc1ccccc1. The third kappa shape index (κ3) is 3.42. The van der Waals surface area contributed by atoms with Gasteiger partial charge in [-0.15, -0.1) is 11.8 Å². The molecule has 1 aromatic carbocycles. The number of alkyl halides is 1. The zero-order valence-corrected chi connectivity index (χ0v) is 7.27. The van der Waals surface area contributed by atoms with E-state index in [-0.39, 0.29) is 0 Å². The molecule has 2 heteroatoms. The second-order valence-corrected chi connectivity index (χ2v) is 3.50. The molecular formula is C9H11FS. The Morgan fingerprint density at radius 3 is 2.55 bits per heavy atom. The molecule has 0 aromatic heterocycles. The zero-order valence-electron chi connectivity index (χ0n) is 6.46. The summed E-state index contributed by atoms with van der Waals surface area (Å²) >= 11 is 1.55. The largest absolute Gasteiger partial charge is 0.247 e. The van der Waals surface area contributed by atoms with Crippen LogP contribution in [-0.4, -0.2) is 11.9 Å². The molecule has 0 saturated carbocycles. The maximum Gasteiger partial charge on any atom is 0.107 e. The van der Waals surface area contributed by atoms with Gasteiger partial charge in [0, 0.05) is 10.6 Å². The Labute approximate surface area is 70.8 Å². The summed E-state index contributed by atoms with van der Waals surface area (Å²) in [6.07, 6.45) is -0.722. The Hall–Kier alpha value is -0.500. The first-order chi connectivity index (χ1) is 5.29. The Morgan fingerprint density at radius 1 is 1.36 bits per heavy atom. The van der Waals surface area contributed by atoms with E-state index in [1.807, 2.05) is 30.3 Å². The average molecular weight is 170 g/mol. The van der Waals surface area contributed by atoms with E-state index in [1.165, 1.54) is 0 Å². The summed E-state index contributed by atoms with van der Waals surface area (Å²) in [5.41, 5.74) is 0. The lowest BCUT2D eigenvalue weighted by atomic mass is 10.4. The third-order valence-corrected chi connectivity index (χ3v) is 2.45. The van der Waals surface area contributed by atoms with E-state index in [4.69, 9.17) is 0 Å². The van der Waals surface area contributed by atoms with Gasteiger partial charge in [0.1, 0.15) is 6.17 Å². The number of rotatable bonds is 3. The van der Waals surface area contributed by atoms with Gasteiger partial charge in [-0.05, 0) is 19.1 Å². The summed E-state index contributed by atoms with van der Waals surface area (Å²) in [5.74, 6) is 0.546. The highest BCUT2D eigenvalue weighted by Gasteiger charge is 1.98. The maximum atomic E-state index is 12.4. The van der Waals surface area contributed by atoms with Gasteiger partial charge >= 0.3 is 0 Å². The fraction of sp³-hybridized carbons (Fsp3) is 0.333. The van der Waals surface area contributed by atoms with Crippen LogP contribution in [0.4, 0.5) is 4.39 Å². The highest BCUT2D eigenvalue weighted by molar-refractivity contribution is 7.99. The normalized spacial score (nSPS) is 12.9. The number of halogens is 1. The van der Waals surface area contributed by atoms with Gasteiger partial charge in [0.15, 0.2) is 0 Å². The Bertz CT molecular complexity index is 196. The molecule has 1 aromatic rings. The van der Waals surface area contributed by atoms with E-state index in [1.54, 1.807) is 18.7 Å². The minimum Gasteiger partial charge on any atom is -0.247 e. The molecule has 0 nitrogen and oxygen atoms in total. The first kappa shape index (κ1) is 8.60. The summed E-state index contributed by atoms with van der Waals surface area (Å²) in [6.45, 7) is 1.58. The molecule has 0 amide bonds. The zero-order chi connectivity index (χ0) is 8.10. The molecule has 0 bridgehead atoms. The molecule has 0 heterocycles. The van der Waals surface area contributed by atoms with E-state index < -0.39 is 6.17 Å². The van der Waals surface area contributed by atoms with Crippen molar-refractivity contribution in [3.8, 4) is 0 Å². The van der Waals surface area contributed by atoms with Crippen molar-refractivity contribution in [3.05, 3.63) is 30.3 Å². The van der Waals surface area contributed by atoms with Crippen LogP contribution < -0.4 is 0 Å². The molecule has 1 atom stereocenters. The van der Waals surface area contributed by atoms with Crippen molar-refractivity contribution >= 4 is 11.8 Å². The van der Waals surface area contributed by atoms with Gasteiger partial charge in [0.2, 0.25) is 0 Å². The van der Waals surface area contributed by atoms with E-state index in [0.29, 0.717) is 5.75 Å². The van der Waals surface area contributed by atoms with Crippen LogP contribution in [-0.2, 0) is 0 Å². The number of thioether (sulfide) groups is 1. The lowest BCUT2D eigenvalue weighted by Gasteiger charge is -2.00. The van der Waals surface area contributed by atoms with Crippen molar-refractivity contribution < 1.29 is 4.39 Å². The highest BCUT2D eigenvalue weighted by atomic mass is 32.2. The molecule has 0 aliphatic rings. The minimum atomic E-state index is -0.722. The van der Waals surface area contributed by atoms with Gasteiger partial charge in [-0.25, -0.2) is 4.39 Å². The quantitative estimate of drug-likeness (QED) is 0.628. The summed E-state index contributed by atoms with van der Waals surface area (Å²) in [7, 11) is 0. The van der Waals surface area contributed by atoms with Gasteiger partial charge < -0.3 is 0 Å². The van der Waals surface area contributed by atoms with Crippen LogP contribution in [0.15, 0.2) is 35.2 Å². The van der Waals surface area contributed by atoms with Gasteiger partial charge in [-0.2, -0.15) is 0 Å². The molecule has 1 unspecified atom stereocenters. The molecular weight excluding hydrogens is 159 g/mol. The summed E-state index contributed by atoms with van der Waals surface area (Å²) in [4.78, 5) is 1.14. The molecule has 0 spiro atoms. The van der Waals surface area contributed by atoms with Crippen molar-refractivity contribution in [2.45, 2.75) is 18.0 Å².